The first-order chi connectivity index (χ1) is 5.77. The van der Waals surface area contributed by atoms with Crippen molar-refractivity contribution in [1.29, 1.82) is 0 Å². The van der Waals surface area contributed by atoms with E-state index in [0.717, 1.165) is 5.69 Å². The third-order valence-corrected chi connectivity index (χ3v) is 2.89. The molecular formula is C9H11IN2. The molecule has 1 aliphatic rings. The Bertz CT molecular complexity index is 284. The van der Waals surface area contributed by atoms with E-state index in [0.29, 0.717) is 5.92 Å². The molecule has 12 heavy (non-hydrogen) atoms. The van der Waals surface area contributed by atoms with Crippen LogP contribution < -0.4 is 5.73 Å². The Kier molecular flexibility index (Phi) is 2.32. The Morgan fingerprint density at radius 2 is 2.33 bits per heavy atom. The smallest absolute Gasteiger partial charge is 0.0584 e. The Hall–Kier alpha value is -0.160. The van der Waals surface area contributed by atoms with Gasteiger partial charge < -0.3 is 5.73 Å². The van der Waals surface area contributed by atoms with Crippen molar-refractivity contribution in [2.24, 2.45) is 11.7 Å². The molecule has 2 rings (SSSR count). The zero-order valence-electron chi connectivity index (χ0n) is 6.70. The number of nitrogens with two attached hydrogens (primary N) is 1. The first kappa shape index (κ1) is 8.44. The van der Waals surface area contributed by atoms with Gasteiger partial charge in [0.2, 0.25) is 0 Å². The minimum absolute atomic E-state index is 0.166. The maximum atomic E-state index is 6.00. The van der Waals surface area contributed by atoms with Crippen LogP contribution in [0.4, 0.5) is 0 Å². The number of aromatic nitrogens is 1. The third kappa shape index (κ3) is 1.77. The molecule has 0 saturated heterocycles. The minimum atomic E-state index is 0.166. The quantitative estimate of drug-likeness (QED) is 0.839. The lowest BCUT2D eigenvalue weighted by molar-refractivity contribution is 0.614. The summed E-state index contributed by atoms with van der Waals surface area (Å²) in [5, 5.41) is 0. The van der Waals surface area contributed by atoms with Crippen molar-refractivity contribution in [3.05, 3.63) is 27.6 Å². The molecule has 1 saturated carbocycles. The zero-order chi connectivity index (χ0) is 8.55. The Morgan fingerprint density at radius 1 is 1.58 bits per heavy atom. The maximum absolute atomic E-state index is 6.00. The van der Waals surface area contributed by atoms with Crippen LogP contribution in [0.2, 0.25) is 0 Å². The summed E-state index contributed by atoms with van der Waals surface area (Å²) in [6.45, 7) is 0. The van der Waals surface area contributed by atoms with Crippen molar-refractivity contribution < 1.29 is 0 Å². The highest BCUT2D eigenvalue weighted by Crippen LogP contribution is 2.38. The highest BCUT2D eigenvalue weighted by molar-refractivity contribution is 14.1. The van der Waals surface area contributed by atoms with Crippen LogP contribution in [-0.4, -0.2) is 4.98 Å². The predicted octanol–water partition coefficient (Wildman–Crippen LogP) is 2.10. The molecule has 2 N–H and O–H groups in total. The second-order valence-corrected chi connectivity index (χ2v) is 4.51. The minimum Gasteiger partial charge on any atom is -0.322 e. The fourth-order valence-electron chi connectivity index (χ4n) is 1.30. The summed E-state index contributed by atoms with van der Waals surface area (Å²) in [4.78, 5) is 4.27. The van der Waals surface area contributed by atoms with Gasteiger partial charge in [0, 0.05) is 15.8 Å². The molecule has 0 radical (unpaired) electrons. The topological polar surface area (TPSA) is 38.9 Å². The van der Waals surface area contributed by atoms with Gasteiger partial charge in [-0.15, -0.1) is 0 Å². The highest BCUT2D eigenvalue weighted by Gasteiger charge is 2.30. The van der Waals surface area contributed by atoms with Crippen LogP contribution in [0, 0.1) is 9.49 Å². The molecule has 0 bridgehead atoms. The van der Waals surface area contributed by atoms with E-state index in [4.69, 9.17) is 5.73 Å². The molecule has 3 heteroatoms. The molecule has 2 nitrogen and oxygen atoms in total. The maximum Gasteiger partial charge on any atom is 0.0584 e. The molecule has 1 fully saturated rings. The summed E-state index contributed by atoms with van der Waals surface area (Å²) in [5.41, 5.74) is 7.05. The molecule has 0 unspecified atom stereocenters. The number of halogens is 1. The predicted molar refractivity (Wildman–Crippen MR) is 56.6 cm³/mol. The average Bonchev–Trinajstić information content (AvgIpc) is 2.85. The summed E-state index contributed by atoms with van der Waals surface area (Å²) in [5.74, 6) is 0.690. The van der Waals surface area contributed by atoms with Gasteiger partial charge in [-0.05, 0) is 53.5 Å². The SMILES string of the molecule is N[C@@H](c1cc(I)ccn1)C1CC1. The standard InChI is InChI=1S/C9H11IN2/c10-7-3-4-12-8(5-7)9(11)6-1-2-6/h3-6,9H,1-2,11H2/t9-/m1/s1. The van der Waals surface area contributed by atoms with Gasteiger partial charge in [-0.25, -0.2) is 0 Å². The van der Waals surface area contributed by atoms with Gasteiger partial charge in [0.25, 0.3) is 0 Å². The first-order valence-corrected chi connectivity index (χ1v) is 5.22. The van der Waals surface area contributed by atoms with E-state index in [1.165, 1.54) is 16.4 Å². The lowest BCUT2D eigenvalue weighted by Crippen LogP contribution is -2.13. The van der Waals surface area contributed by atoms with Crippen molar-refractivity contribution in [2.45, 2.75) is 18.9 Å². The van der Waals surface area contributed by atoms with Crippen molar-refractivity contribution >= 4 is 22.6 Å². The van der Waals surface area contributed by atoms with Crippen LogP contribution in [0.5, 0.6) is 0 Å². The van der Waals surface area contributed by atoms with E-state index in [1.54, 1.807) is 0 Å². The van der Waals surface area contributed by atoms with Gasteiger partial charge in [0.1, 0.15) is 0 Å². The summed E-state index contributed by atoms with van der Waals surface area (Å²) in [6.07, 6.45) is 4.38. The molecule has 64 valence electrons. The lowest BCUT2D eigenvalue weighted by Gasteiger charge is -2.08. The number of nitrogens with zero attached hydrogens (tertiary/aromatic N) is 1. The first-order valence-electron chi connectivity index (χ1n) is 4.14. The molecule has 1 aromatic rings. The van der Waals surface area contributed by atoms with Crippen LogP contribution in [0.1, 0.15) is 24.6 Å². The Morgan fingerprint density at radius 3 is 2.92 bits per heavy atom. The highest BCUT2D eigenvalue weighted by atomic mass is 127. The normalized spacial score (nSPS) is 19.2. The van der Waals surface area contributed by atoms with E-state index in [-0.39, 0.29) is 6.04 Å². The second-order valence-electron chi connectivity index (χ2n) is 3.26. The van der Waals surface area contributed by atoms with E-state index in [2.05, 4.69) is 33.6 Å². The van der Waals surface area contributed by atoms with Crippen LogP contribution in [0.3, 0.4) is 0 Å². The van der Waals surface area contributed by atoms with Crippen LogP contribution in [-0.2, 0) is 0 Å². The van der Waals surface area contributed by atoms with Gasteiger partial charge >= 0.3 is 0 Å². The molecule has 1 aromatic heterocycles. The Balaban J connectivity index is 2.20. The van der Waals surface area contributed by atoms with Gasteiger partial charge in [-0.3, -0.25) is 4.98 Å². The van der Waals surface area contributed by atoms with Crippen molar-refractivity contribution in [2.75, 3.05) is 0 Å². The number of hydrogen-bond acceptors (Lipinski definition) is 2. The lowest BCUT2D eigenvalue weighted by atomic mass is 10.1. The third-order valence-electron chi connectivity index (χ3n) is 2.21. The summed E-state index contributed by atoms with van der Waals surface area (Å²) < 4.78 is 1.22. The van der Waals surface area contributed by atoms with Gasteiger partial charge in [-0.1, -0.05) is 0 Å². The fraction of sp³-hybridized carbons (Fsp3) is 0.444. The molecular weight excluding hydrogens is 263 g/mol. The van der Waals surface area contributed by atoms with Crippen molar-refractivity contribution in [3.8, 4) is 0 Å². The van der Waals surface area contributed by atoms with Gasteiger partial charge in [0.15, 0.2) is 0 Å². The largest absolute Gasteiger partial charge is 0.322 e. The molecule has 0 amide bonds. The monoisotopic (exact) mass is 274 g/mol. The van der Waals surface area contributed by atoms with Crippen LogP contribution >= 0.6 is 22.6 Å². The van der Waals surface area contributed by atoms with E-state index in [9.17, 15) is 0 Å². The van der Waals surface area contributed by atoms with Crippen molar-refractivity contribution in [3.63, 3.8) is 0 Å². The van der Waals surface area contributed by atoms with Crippen LogP contribution in [0.15, 0.2) is 18.3 Å². The fourth-order valence-corrected chi connectivity index (χ4v) is 1.78. The van der Waals surface area contributed by atoms with E-state index < -0.39 is 0 Å². The second kappa shape index (κ2) is 3.30. The van der Waals surface area contributed by atoms with Gasteiger partial charge in [-0.2, -0.15) is 0 Å². The number of rotatable bonds is 2. The molecule has 1 heterocycles. The van der Waals surface area contributed by atoms with Crippen molar-refractivity contribution in [1.82, 2.24) is 4.98 Å². The zero-order valence-corrected chi connectivity index (χ0v) is 8.86. The van der Waals surface area contributed by atoms with Crippen LogP contribution in [0.25, 0.3) is 0 Å². The number of pyridine rings is 1. The molecule has 0 spiro atoms. The summed E-state index contributed by atoms with van der Waals surface area (Å²) in [6, 6.07) is 4.23. The molecule has 0 aliphatic heterocycles. The van der Waals surface area contributed by atoms with E-state index >= 15 is 0 Å². The van der Waals surface area contributed by atoms with E-state index in [1.807, 2.05) is 12.3 Å². The average molecular weight is 274 g/mol. The summed E-state index contributed by atoms with van der Waals surface area (Å²) >= 11 is 2.29. The molecule has 1 atom stereocenters. The summed E-state index contributed by atoms with van der Waals surface area (Å²) in [7, 11) is 0. The molecule has 0 aromatic carbocycles. The Labute approximate surface area is 85.7 Å². The van der Waals surface area contributed by atoms with Gasteiger partial charge in [0.05, 0.1) is 5.69 Å². The number of hydrogen-bond donors (Lipinski definition) is 1. The molecule has 1 aliphatic carbocycles.